The molecule has 0 spiro atoms. The number of hydrogen-bond donors (Lipinski definition) is 1. The van der Waals surface area contributed by atoms with Gasteiger partial charge in [-0.15, -0.1) is 0 Å². The van der Waals surface area contributed by atoms with Crippen molar-refractivity contribution in [1.82, 2.24) is 19.7 Å². The van der Waals surface area contributed by atoms with Crippen LogP contribution >= 0.6 is 0 Å². The zero-order valence-electron chi connectivity index (χ0n) is 18.6. The summed E-state index contributed by atoms with van der Waals surface area (Å²) in [5.74, 6) is 0.0311. The van der Waals surface area contributed by atoms with Crippen molar-refractivity contribution in [2.24, 2.45) is 0 Å². The summed E-state index contributed by atoms with van der Waals surface area (Å²) in [4.78, 5) is 17.5. The maximum Gasteiger partial charge on any atom is 0.251 e. The molecule has 0 unspecified atom stereocenters. The number of benzene rings is 1. The van der Waals surface area contributed by atoms with E-state index in [1.165, 1.54) is 55.0 Å². The van der Waals surface area contributed by atoms with Crippen LogP contribution in [0.25, 0.3) is 5.69 Å². The highest BCUT2D eigenvalue weighted by atomic mass is 16.1. The lowest BCUT2D eigenvalue weighted by Crippen LogP contribution is -2.46. The van der Waals surface area contributed by atoms with E-state index in [9.17, 15) is 4.79 Å². The Hall–Kier alpha value is -2.11. The van der Waals surface area contributed by atoms with Crippen LogP contribution < -0.4 is 5.32 Å². The van der Waals surface area contributed by atoms with Gasteiger partial charge in [-0.25, -0.2) is 0 Å². The summed E-state index contributed by atoms with van der Waals surface area (Å²) in [6.45, 7) is 12.0. The average molecular weight is 409 g/mol. The molecule has 5 heteroatoms. The quantitative estimate of drug-likeness (QED) is 0.714. The fourth-order valence-corrected chi connectivity index (χ4v) is 4.91. The van der Waals surface area contributed by atoms with E-state index in [0.717, 1.165) is 51.1 Å². The second kappa shape index (κ2) is 9.80. The van der Waals surface area contributed by atoms with E-state index >= 15 is 0 Å². The normalized spacial score (nSPS) is 17.7. The van der Waals surface area contributed by atoms with E-state index in [4.69, 9.17) is 0 Å². The van der Waals surface area contributed by atoms with E-state index < -0.39 is 0 Å². The highest BCUT2D eigenvalue weighted by molar-refractivity contribution is 5.94. The van der Waals surface area contributed by atoms with Crippen molar-refractivity contribution in [1.29, 1.82) is 0 Å². The highest BCUT2D eigenvalue weighted by Gasteiger charge is 2.18. The van der Waals surface area contributed by atoms with Gasteiger partial charge in [0, 0.05) is 55.4 Å². The predicted octanol–water partition coefficient (Wildman–Crippen LogP) is 3.42. The summed E-state index contributed by atoms with van der Waals surface area (Å²) in [5.41, 5.74) is 6.15. The van der Waals surface area contributed by atoms with Gasteiger partial charge >= 0.3 is 0 Å². The molecule has 1 fully saturated rings. The average Bonchev–Trinajstić information content (AvgIpc) is 3.12. The van der Waals surface area contributed by atoms with Crippen LogP contribution in [0.5, 0.6) is 0 Å². The molecule has 1 aromatic carbocycles. The minimum atomic E-state index is 0.0311. The number of aromatic nitrogens is 1. The molecular formula is C25H36N4O. The number of hydrogen-bond acceptors (Lipinski definition) is 3. The van der Waals surface area contributed by atoms with Gasteiger partial charge in [0.05, 0.1) is 0 Å². The number of amides is 1. The first kappa shape index (κ1) is 21.1. The number of nitrogens with one attached hydrogen (secondary N) is 1. The van der Waals surface area contributed by atoms with E-state index in [-0.39, 0.29) is 5.91 Å². The monoisotopic (exact) mass is 408 g/mol. The summed E-state index contributed by atoms with van der Waals surface area (Å²) >= 11 is 0. The number of likely N-dealkylation sites (N-methyl/N-ethyl adjacent to an activating group) is 1. The van der Waals surface area contributed by atoms with Crippen molar-refractivity contribution in [3.05, 3.63) is 52.8 Å². The second-order valence-electron chi connectivity index (χ2n) is 8.73. The molecule has 30 heavy (non-hydrogen) atoms. The zero-order chi connectivity index (χ0) is 20.9. The van der Waals surface area contributed by atoms with Crippen LogP contribution in [0.15, 0.2) is 30.3 Å². The van der Waals surface area contributed by atoms with Gasteiger partial charge < -0.3 is 19.7 Å². The van der Waals surface area contributed by atoms with Crippen LogP contribution in [-0.4, -0.2) is 66.1 Å². The van der Waals surface area contributed by atoms with E-state index in [0.29, 0.717) is 0 Å². The van der Waals surface area contributed by atoms with Gasteiger partial charge in [0.2, 0.25) is 0 Å². The Morgan fingerprint density at radius 2 is 1.70 bits per heavy atom. The number of fused-ring (bicyclic) bond motifs is 1. The molecule has 1 N–H and O–H groups in total. The molecule has 1 amide bonds. The minimum Gasteiger partial charge on any atom is -0.352 e. The van der Waals surface area contributed by atoms with E-state index in [2.05, 4.69) is 51.7 Å². The van der Waals surface area contributed by atoms with Crippen LogP contribution in [-0.2, 0) is 12.8 Å². The molecule has 4 rings (SSSR count). The molecule has 162 valence electrons. The fourth-order valence-electron chi connectivity index (χ4n) is 4.91. The molecule has 2 aromatic rings. The summed E-state index contributed by atoms with van der Waals surface area (Å²) in [6.07, 6.45) is 5.91. The van der Waals surface area contributed by atoms with Gasteiger partial charge in [-0.05, 0) is 88.0 Å². The topological polar surface area (TPSA) is 40.5 Å². The van der Waals surface area contributed by atoms with Gasteiger partial charge in [0.1, 0.15) is 0 Å². The Morgan fingerprint density at radius 1 is 1.00 bits per heavy atom. The Bertz CT molecular complexity index is 847. The van der Waals surface area contributed by atoms with Crippen LogP contribution in [0.3, 0.4) is 0 Å². The molecule has 2 heterocycles. The first-order valence-electron chi connectivity index (χ1n) is 11.7. The molecule has 1 aliphatic heterocycles. The summed E-state index contributed by atoms with van der Waals surface area (Å²) in [6, 6.07) is 10.4. The van der Waals surface area contributed by atoms with Crippen molar-refractivity contribution >= 4 is 5.91 Å². The molecular weight excluding hydrogens is 372 g/mol. The minimum absolute atomic E-state index is 0.0311. The first-order valence-corrected chi connectivity index (χ1v) is 11.7. The summed E-state index contributed by atoms with van der Waals surface area (Å²) < 4.78 is 2.37. The van der Waals surface area contributed by atoms with Crippen LogP contribution in [0.2, 0.25) is 0 Å². The van der Waals surface area contributed by atoms with Crippen LogP contribution in [0, 0.1) is 6.92 Å². The van der Waals surface area contributed by atoms with Gasteiger partial charge in [-0.1, -0.05) is 6.92 Å². The molecule has 1 saturated heterocycles. The SMILES string of the molecule is CCN1CCN(CCCNC(=O)c2ccc(-n3c(C)cc4c3CCCC4)cc2)CC1. The third-order valence-electron chi connectivity index (χ3n) is 6.72. The molecule has 0 radical (unpaired) electrons. The number of carbonyl (C=O) groups is 1. The summed E-state index contributed by atoms with van der Waals surface area (Å²) in [7, 11) is 0. The van der Waals surface area contributed by atoms with Crippen molar-refractivity contribution in [3.63, 3.8) is 0 Å². The number of nitrogens with zero attached hydrogens (tertiary/aromatic N) is 3. The molecule has 5 nitrogen and oxygen atoms in total. The van der Waals surface area contributed by atoms with Gasteiger partial charge in [-0.2, -0.15) is 0 Å². The highest BCUT2D eigenvalue weighted by Crippen LogP contribution is 2.28. The lowest BCUT2D eigenvalue weighted by Gasteiger charge is -2.33. The molecule has 0 atom stereocenters. The molecule has 2 aliphatic rings. The Morgan fingerprint density at radius 3 is 2.43 bits per heavy atom. The molecule has 1 aliphatic carbocycles. The standard InChI is InChI=1S/C25H36N4O/c1-3-27-15-17-28(18-16-27)14-6-13-26-25(30)21-9-11-23(12-10-21)29-20(2)19-22-7-4-5-8-24(22)29/h9-12,19H,3-8,13-18H2,1-2H3,(H,26,30). The van der Waals surface area contributed by atoms with E-state index in [1.54, 1.807) is 0 Å². The second-order valence-corrected chi connectivity index (χ2v) is 8.73. The Kier molecular flexibility index (Phi) is 6.90. The molecule has 0 saturated carbocycles. The van der Waals surface area contributed by atoms with Crippen molar-refractivity contribution in [2.45, 2.75) is 46.0 Å². The summed E-state index contributed by atoms with van der Waals surface area (Å²) in [5, 5.41) is 3.09. The number of aryl methyl sites for hydroxylation is 2. The van der Waals surface area contributed by atoms with Gasteiger partial charge in [0.25, 0.3) is 5.91 Å². The lowest BCUT2D eigenvalue weighted by atomic mass is 9.98. The molecule has 1 aromatic heterocycles. The van der Waals surface area contributed by atoms with Crippen LogP contribution in [0.4, 0.5) is 0 Å². The first-order chi connectivity index (χ1) is 14.7. The Balaban J connectivity index is 1.27. The smallest absolute Gasteiger partial charge is 0.251 e. The maximum atomic E-state index is 12.5. The van der Waals surface area contributed by atoms with Gasteiger partial charge in [0.15, 0.2) is 0 Å². The fraction of sp³-hybridized carbons (Fsp3) is 0.560. The third-order valence-corrected chi connectivity index (χ3v) is 6.72. The third kappa shape index (κ3) is 4.79. The largest absolute Gasteiger partial charge is 0.352 e. The maximum absolute atomic E-state index is 12.5. The van der Waals surface area contributed by atoms with Crippen molar-refractivity contribution < 1.29 is 4.79 Å². The number of rotatable bonds is 7. The predicted molar refractivity (Wildman–Crippen MR) is 123 cm³/mol. The van der Waals surface area contributed by atoms with Crippen molar-refractivity contribution in [2.75, 3.05) is 45.8 Å². The van der Waals surface area contributed by atoms with Crippen LogP contribution in [0.1, 0.15) is 53.5 Å². The number of piperazine rings is 1. The zero-order valence-corrected chi connectivity index (χ0v) is 18.6. The number of carbonyl (C=O) groups excluding carboxylic acids is 1. The Labute approximate surface area is 181 Å². The van der Waals surface area contributed by atoms with Crippen molar-refractivity contribution in [3.8, 4) is 5.69 Å². The lowest BCUT2D eigenvalue weighted by molar-refractivity contribution is 0.0948. The van der Waals surface area contributed by atoms with Gasteiger partial charge in [-0.3, -0.25) is 4.79 Å². The molecule has 0 bridgehead atoms. The van der Waals surface area contributed by atoms with E-state index in [1.807, 2.05) is 12.1 Å².